The summed E-state index contributed by atoms with van der Waals surface area (Å²) in [5.41, 5.74) is 7.64. The van der Waals surface area contributed by atoms with Crippen molar-refractivity contribution in [1.29, 1.82) is 0 Å². The van der Waals surface area contributed by atoms with Gasteiger partial charge in [0.05, 0.1) is 17.7 Å². The van der Waals surface area contributed by atoms with E-state index in [1.807, 2.05) is 0 Å². The van der Waals surface area contributed by atoms with Gasteiger partial charge < -0.3 is 15.8 Å². The lowest BCUT2D eigenvalue weighted by atomic mass is 10.0. The van der Waals surface area contributed by atoms with Gasteiger partial charge in [0.15, 0.2) is 11.5 Å². The third-order valence-corrected chi connectivity index (χ3v) is 4.55. The van der Waals surface area contributed by atoms with Crippen LogP contribution in [0.25, 0.3) is 17.0 Å². The smallest absolute Gasteiger partial charge is 0.230 e. The van der Waals surface area contributed by atoms with Crippen LogP contribution in [0.5, 0.6) is 0 Å². The third kappa shape index (κ3) is 3.04. The number of aromatic nitrogens is 3. The van der Waals surface area contributed by atoms with E-state index in [1.54, 1.807) is 34.9 Å². The summed E-state index contributed by atoms with van der Waals surface area (Å²) in [6.45, 7) is 0.858. The minimum absolute atomic E-state index is 0.117. The number of hydrogen-bond acceptors (Lipinski definition) is 5. The molecule has 0 spiro atoms. The number of rotatable bonds is 4. The molecule has 4 rings (SSSR count). The Balaban J connectivity index is 1.62. The van der Waals surface area contributed by atoms with Crippen molar-refractivity contribution in [2.24, 2.45) is 11.7 Å². The molecule has 2 aromatic heterocycles. The molecule has 134 valence electrons. The van der Waals surface area contributed by atoms with Crippen LogP contribution in [-0.4, -0.2) is 39.8 Å². The topological polar surface area (TPSA) is 94.5 Å². The number of nitrogens with one attached hydrogen (secondary N) is 1. The summed E-state index contributed by atoms with van der Waals surface area (Å²) in [5.74, 6) is -0.120. The summed E-state index contributed by atoms with van der Waals surface area (Å²) in [6, 6.07) is 9.55. The van der Waals surface area contributed by atoms with Crippen LogP contribution in [0.2, 0.25) is 0 Å². The van der Waals surface area contributed by atoms with E-state index >= 15 is 0 Å². The fourth-order valence-electron chi connectivity index (χ4n) is 3.18. The molecule has 1 fully saturated rings. The molecule has 2 atom stereocenters. The molecule has 3 heterocycles. The van der Waals surface area contributed by atoms with Crippen LogP contribution in [-0.2, 0) is 9.53 Å². The zero-order chi connectivity index (χ0) is 18.1. The van der Waals surface area contributed by atoms with Gasteiger partial charge in [0, 0.05) is 24.9 Å². The van der Waals surface area contributed by atoms with Crippen molar-refractivity contribution in [2.45, 2.75) is 12.5 Å². The zero-order valence-electron chi connectivity index (χ0n) is 13.9. The molecule has 8 heteroatoms. The summed E-state index contributed by atoms with van der Waals surface area (Å²) < 4.78 is 20.4. The van der Waals surface area contributed by atoms with E-state index in [9.17, 15) is 9.18 Å². The highest BCUT2D eigenvalue weighted by atomic mass is 19.1. The summed E-state index contributed by atoms with van der Waals surface area (Å²) in [7, 11) is 0. The van der Waals surface area contributed by atoms with Crippen molar-refractivity contribution in [3.63, 3.8) is 0 Å². The summed E-state index contributed by atoms with van der Waals surface area (Å²) in [4.78, 5) is 12.5. The predicted molar refractivity (Wildman–Crippen MR) is 93.9 cm³/mol. The molecule has 0 bridgehead atoms. The van der Waals surface area contributed by atoms with Crippen molar-refractivity contribution in [3.05, 3.63) is 48.4 Å². The number of amides is 1. The van der Waals surface area contributed by atoms with Crippen LogP contribution in [0, 0.1) is 11.7 Å². The molecular formula is C18H18FN5O2. The molecule has 26 heavy (non-hydrogen) atoms. The first-order chi connectivity index (χ1) is 12.7. The first-order valence-corrected chi connectivity index (χ1v) is 8.39. The Labute approximate surface area is 149 Å². The monoisotopic (exact) mass is 355 g/mol. The Hall–Kier alpha value is -2.84. The molecule has 2 unspecified atom stereocenters. The molecule has 1 aliphatic heterocycles. The molecule has 1 aliphatic rings. The summed E-state index contributed by atoms with van der Waals surface area (Å²) >= 11 is 0. The van der Waals surface area contributed by atoms with Gasteiger partial charge in [0.1, 0.15) is 5.82 Å². The van der Waals surface area contributed by atoms with Crippen LogP contribution in [0.3, 0.4) is 0 Å². The maximum Gasteiger partial charge on any atom is 0.230 e. The number of carbonyl (C=O) groups is 1. The van der Waals surface area contributed by atoms with Crippen LogP contribution >= 0.6 is 0 Å². The van der Waals surface area contributed by atoms with E-state index in [4.69, 9.17) is 10.5 Å². The molecule has 0 radical (unpaired) electrons. The number of pyridine rings is 1. The zero-order valence-corrected chi connectivity index (χ0v) is 13.9. The number of nitrogens with zero attached hydrogens (tertiary/aromatic N) is 3. The van der Waals surface area contributed by atoms with Crippen LogP contribution in [0.4, 0.5) is 10.1 Å². The highest BCUT2D eigenvalue weighted by Gasteiger charge is 2.33. The Kier molecular flexibility index (Phi) is 4.36. The average Bonchev–Trinajstić information content (AvgIpc) is 3.29. The molecule has 1 saturated heterocycles. The number of halogens is 1. The van der Waals surface area contributed by atoms with Crippen molar-refractivity contribution in [3.8, 4) is 11.4 Å². The SMILES string of the molecule is NCC1OCCC1C(=O)Nc1ccc2nnc(-c3ccc(F)cc3)n2c1. The third-order valence-electron chi connectivity index (χ3n) is 4.55. The van der Waals surface area contributed by atoms with E-state index in [-0.39, 0.29) is 23.7 Å². The second kappa shape index (κ2) is 6.81. The Bertz CT molecular complexity index is 940. The van der Waals surface area contributed by atoms with E-state index in [1.165, 1.54) is 12.1 Å². The number of carbonyl (C=O) groups excluding carboxylic acids is 1. The van der Waals surface area contributed by atoms with Crippen molar-refractivity contribution < 1.29 is 13.9 Å². The highest BCUT2D eigenvalue weighted by Crippen LogP contribution is 2.24. The lowest BCUT2D eigenvalue weighted by Gasteiger charge is -2.16. The number of fused-ring (bicyclic) bond motifs is 1. The highest BCUT2D eigenvalue weighted by molar-refractivity contribution is 5.93. The number of nitrogens with two attached hydrogens (primary N) is 1. The van der Waals surface area contributed by atoms with Crippen LogP contribution in [0.1, 0.15) is 6.42 Å². The fourth-order valence-corrected chi connectivity index (χ4v) is 3.18. The van der Waals surface area contributed by atoms with E-state index in [0.717, 1.165) is 5.56 Å². The Morgan fingerprint density at radius 2 is 2.08 bits per heavy atom. The first kappa shape index (κ1) is 16.6. The lowest BCUT2D eigenvalue weighted by Crippen LogP contribution is -2.34. The minimum atomic E-state index is -0.316. The Morgan fingerprint density at radius 1 is 1.27 bits per heavy atom. The molecular weight excluding hydrogens is 337 g/mol. The molecule has 3 N–H and O–H groups in total. The summed E-state index contributed by atoms with van der Waals surface area (Å²) in [6.07, 6.45) is 2.16. The summed E-state index contributed by atoms with van der Waals surface area (Å²) in [5, 5.41) is 11.2. The molecule has 0 aliphatic carbocycles. The molecule has 1 aromatic carbocycles. The van der Waals surface area contributed by atoms with Gasteiger partial charge in [-0.3, -0.25) is 9.20 Å². The van der Waals surface area contributed by atoms with Gasteiger partial charge >= 0.3 is 0 Å². The van der Waals surface area contributed by atoms with Crippen molar-refractivity contribution >= 4 is 17.2 Å². The van der Waals surface area contributed by atoms with E-state index in [0.29, 0.717) is 36.7 Å². The number of anilines is 1. The number of benzene rings is 1. The molecule has 3 aromatic rings. The lowest BCUT2D eigenvalue weighted by molar-refractivity contribution is -0.121. The largest absolute Gasteiger partial charge is 0.376 e. The molecule has 1 amide bonds. The van der Waals surface area contributed by atoms with Crippen LogP contribution < -0.4 is 11.1 Å². The van der Waals surface area contributed by atoms with E-state index in [2.05, 4.69) is 15.5 Å². The fraction of sp³-hybridized carbons (Fsp3) is 0.278. The van der Waals surface area contributed by atoms with Crippen molar-refractivity contribution in [2.75, 3.05) is 18.5 Å². The van der Waals surface area contributed by atoms with E-state index < -0.39 is 0 Å². The van der Waals surface area contributed by atoms with Gasteiger partial charge in [0.2, 0.25) is 5.91 Å². The maximum absolute atomic E-state index is 13.1. The Morgan fingerprint density at radius 3 is 2.85 bits per heavy atom. The minimum Gasteiger partial charge on any atom is -0.376 e. The van der Waals surface area contributed by atoms with Gasteiger partial charge in [-0.25, -0.2) is 4.39 Å². The van der Waals surface area contributed by atoms with Gasteiger partial charge in [-0.05, 0) is 42.8 Å². The molecule has 0 saturated carbocycles. The van der Waals surface area contributed by atoms with Gasteiger partial charge in [-0.2, -0.15) is 0 Å². The van der Waals surface area contributed by atoms with Gasteiger partial charge in [-0.1, -0.05) is 0 Å². The first-order valence-electron chi connectivity index (χ1n) is 8.39. The predicted octanol–water partition coefficient (Wildman–Crippen LogP) is 1.84. The quantitative estimate of drug-likeness (QED) is 0.745. The van der Waals surface area contributed by atoms with Crippen molar-refractivity contribution in [1.82, 2.24) is 14.6 Å². The second-order valence-corrected chi connectivity index (χ2v) is 6.21. The van der Waals surface area contributed by atoms with Gasteiger partial charge in [0.25, 0.3) is 0 Å². The van der Waals surface area contributed by atoms with Crippen LogP contribution in [0.15, 0.2) is 42.6 Å². The second-order valence-electron chi connectivity index (χ2n) is 6.21. The normalized spacial score (nSPS) is 19.8. The number of ether oxygens (including phenoxy) is 1. The number of hydrogen-bond donors (Lipinski definition) is 2. The average molecular weight is 355 g/mol. The molecule has 7 nitrogen and oxygen atoms in total. The standard InChI is InChI=1S/C18H18FN5O2/c19-12-3-1-11(2-4-12)17-23-22-16-6-5-13(10-24(16)17)21-18(25)14-7-8-26-15(14)9-20/h1-6,10,14-15H,7-9,20H2,(H,21,25). The van der Waals surface area contributed by atoms with Gasteiger partial charge in [-0.15, -0.1) is 10.2 Å². The maximum atomic E-state index is 13.1.